The molecule has 1 heterocycles. The van der Waals surface area contributed by atoms with Gasteiger partial charge in [0.15, 0.2) is 5.13 Å². The summed E-state index contributed by atoms with van der Waals surface area (Å²) in [4.78, 5) is 17.3. The molecule has 0 unspecified atom stereocenters. The summed E-state index contributed by atoms with van der Waals surface area (Å²) < 4.78 is 28.8. The Labute approximate surface area is 169 Å². The number of para-hydroxylation sites is 1. The standard InChI is InChI=1S/C20H23N3O3S2/c1-12-9-10-14(28(25,26)23-20(3,4)5)11-15(12)18(24)22-19-21-17-13(2)7-6-8-16(17)27-19/h6-11,23H,1-5H3,(H,21,22,24). The molecule has 3 rings (SSSR count). The fraction of sp³-hybridized carbons (Fsp3) is 0.300. The van der Waals surface area contributed by atoms with Crippen molar-refractivity contribution in [3.63, 3.8) is 0 Å². The number of benzene rings is 2. The highest BCUT2D eigenvalue weighted by molar-refractivity contribution is 7.89. The van der Waals surface area contributed by atoms with Crippen molar-refractivity contribution >= 4 is 42.6 Å². The number of anilines is 1. The molecule has 0 atom stereocenters. The van der Waals surface area contributed by atoms with Crippen molar-refractivity contribution in [1.82, 2.24) is 9.71 Å². The van der Waals surface area contributed by atoms with Gasteiger partial charge in [-0.05, 0) is 63.9 Å². The summed E-state index contributed by atoms with van der Waals surface area (Å²) in [5, 5.41) is 3.28. The zero-order valence-electron chi connectivity index (χ0n) is 16.5. The lowest BCUT2D eigenvalue weighted by atomic mass is 10.1. The van der Waals surface area contributed by atoms with Gasteiger partial charge in [-0.3, -0.25) is 10.1 Å². The third kappa shape index (κ3) is 4.40. The van der Waals surface area contributed by atoms with Gasteiger partial charge in [0.25, 0.3) is 5.91 Å². The average molecular weight is 418 g/mol. The molecule has 0 radical (unpaired) electrons. The van der Waals surface area contributed by atoms with Crippen LogP contribution >= 0.6 is 11.3 Å². The van der Waals surface area contributed by atoms with Crippen molar-refractivity contribution in [2.45, 2.75) is 45.1 Å². The molecule has 2 N–H and O–H groups in total. The number of nitrogens with one attached hydrogen (secondary N) is 2. The number of aryl methyl sites for hydroxylation is 2. The van der Waals surface area contributed by atoms with Crippen LogP contribution in [0, 0.1) is 13.8 Å². The van der Waals surface area contributed by atoms with Gasteiger partial charge in [-0.15, -0.1) is 0 Å². The Balaban J connectivity index is 1.92. The zero-order chi connectivity index (χ0) is 20.7. The summed E-state index contributed by atoms with van der Waals surface area (Å²) >= 11 is 1.38. The first-order valence-electron chi connectivity index (χ1n) is 8.78. The molecule has 8 heteroatoms. The van der Waals surface area contributed by atoms with Crippen LogP contribution in [0.4, 0.5) is 5.13 Å². The molecule has 0 aliphatic rings. The number of hydrogen-bond acceptors (Lipinski definition) is 5. The maximum Gasteiger partial charge on any atom is 0.257 e. The van der Waals surface area contributed by atoms with Crippen molar-refractivity contribution in [2.75, 3.05) is 5.32 Å². The second-order valence-electron chi connectivity index (χ2n) is 7.73. The van der Waals surface area contributed by atoms with Gasteiger partial charge in [-0.25, -0.2) is 18.1 Å². The van der Waals surface area contributed by atoms with Gasteiger partial charge in [0.2, 0.25) is 10.0 Å². The molecule has 1 amide bonds. The Hall–Kier alpha value is -2.29. The minimum Gasteiger partial charge on any atom is -0.298 e. The maximum atomic E-state index is 12.8. The molecule has 0 aliphatic heterocycles. The number of sulfonamides is 1. The Morgan fingerprint density at radius 2 is 1.79 bits per heavy atom. The SMILES string of the molecule is Cc1ccc(S(=O)(=O)NC(C)(C)C)cc1C(=O)Nc1nc2c(C)cccc2s1. The summed E-state index contributed by atoms with van der Waals surface area (Å²) in [6.45, 7) is 9.03. The number of thiazole rings is 1. The van der Waals surface area contributed by atoms with E-state index in [1.165, 1.54) is 23.5 Å². The molecule has 0 spiro atoms. The lowest BCUT2D eigenvalue weighted by Crippen LogP contribution is -2.40. The summed E-state index contributed by atoms with van der Waals surface area (Å²) in [6.07, 6.45) is 0. The molecule has 1 aromatic heterocycles. The van der Waals surface area contributed by atoms with Crippen LogP contribution in [0.3, 0.4) is 0 Å². The molecule has 3 aromatic rings. The number of hydrogen-bond donors (Lipinski definition) is 2. The van der Waals surface area contributed by atoms with Crippen LogP contribution in [0.2, 0.25) is 0 Å². The van der Waals surface area contributed by atoms with E-state index in [2.05, 4.69) is 15.0 Å². The maximum absolute atomic E-state index is 12.8. The minimum absolute atomic E-state index is 0.0540. The van der Waals surface area contributed by atoms with Crippen molar-refractivity contribution in [1.29, 1.82) is 0 Å². The van der Waals surface area contributed by atoms with Crippen molar-refractivity contribution < 1.29 is 13.2 Å². The first kappa shape index (κ1) is 20.4. The van der Waals surface area contributed by atoms with Crippen LogP contribution in [-0.2, 0) is 10.0 Å². The molecule has 28 heavy (non-hydrogen) atoms. The van der Waals surface area contributed by atoms with Gasteiger partial charge in [0, 0.05) is 11.1 Å². The summed E-state index contributed by atoms with van der Waals surface area (Å²) in [6, 6.07) is 10.4. The van der Waals surface area contributed by atoms with Gasteiger partial charge in [0.1, 0.15) is 0 Å². The molecule has 0 bridgehead atoms. The number of aromatic nitrogens is 1. The number of fused-ring (bicyclic) bond motifs is 1. The normalized spacial score (nSPS) is 12.3. The molecular formula is C20H23N3O3S2. The summed E-state index contributed by atoms with van der Waals surface area (Å²) in [7, 11) is -3.73. The van der Waals surface area contributed by atoms with Gasteiger partial charge in [-0.1, -0.05) is 29.5 Å². The highest BCUT2D eigenvalue weighted by Gasteiger charge is 2.24. The Bertz CT molecular complexity index is 1160. The van der Waals surface area contributed by atoms with E-state index < -0.39 is 15.6 Å². The molecular weight excluding hydrogens is 394 g/mol. The monoisotopic (exact) mass is 417 g/mol. The molecule has 0 fully saturated rings. The minimum atomic E-state index is -3.73. The lowest BCUT2D eigenvalue weighted by molar-refractivity contribution is 0.102. The summed E-state index contributed by atoms with van der Waals surface area (Å²) in [5.41, 5.74) is 2.25. The molecule has 0 aliphatic carbocycles. The third-order valence-electron chi connectivity index (χ3n) is 4.05. The van der Waals surface area contributed by atoms with Crippen LogP contribution in [0.5, 0.6) is 0 Å². The fourth-order valence-electron chi connectivity index (χ4n) is 2.78. The predicted molar refractivity (Wildman–Crippen MR) is 114 cm³/mol. The van der Waals surface area contributed by atoms with Crippen molar-refractivity contribution in [2.24, 2.45) is 0 Å². The van der Waals surface area contributed by atoms with Gasteiger partial charge < -0.3 is 0 Å². The van der Waals surface area contributed by atoms with Crippen LogP contribution in [-0.4, -0.2) is 24.8 Å². The Kier molecular flexibility index (Phi) is 5.31. The predicted octanol–water partition coefficient (Wildman–Crippen LogP) is 4.24. The lowest BCUT2D eigenvalue weighted by Gasteiger charge is -2.20. The molecule has 6 nitrogen and oxygen atoms in total. The van der Waals surface area contributed by atoms with E-state index in [0.29, 0.717) is 16.3 Å². The van der Waals surface area contributed by atoms with E-state index >= 15 is 0 Å². The first-order chi connectivity index (χ1) is 13.0. The third-order valence-corrected chi connectivity index (χ3v) is 6.74. The molecule has 148 valence electrons. The van der Waals surface area contributed by atoms with E-state index in [1.54, 1.807) is 33.8 Å². The van der Waals surface area contributed by atoms with E-state index in [0.717, 1.165) is 15.8 Å². The van der Waals surface area contributed by atoms with Gasteiger partial charge >= 0.3 is 0 Å². The van der Waals surface area contributed by atoms with E-state index in [4.69, 9.17) is 0 Å². The summed E-state index contributed by atoms with van der Waals surface area (Å²) in [5.74, 6) is -0.387. The average Bonchev–Trinajstić information content (AvgIpc) is 2.96. The first-order valence-corrected chi connectivity index (χ1v) is 11.1. The quantitative estimate of drug-likeness (QED) is 0.664. The highest BCUT2D eigenvalue weighted by Crippen LogP contribution is 2.28. The molecule has 0 saturated carbocycles. The second kappa shape index (κ2) is 7.27. The van der Waals surface area contributed by atoms with Crippen molar-refractivity contribution in [3.8, 4) is 0 Å². The largest absolute Gasteiger partial charge is 0.298 e. The zero-order valence-corrected chi connectivity index (χ0v) is 18.1. The highest BCUT2D eigenvalue weighted by atomic mass is 32.2. The Morgan fingerprint density at radius 3 is 2.43 bits per heavy atom. The smallest absolute Gasteiger partial charge is 0.257 e. The number of carbonyl (C=O) groups is 1. The van der Waals surface area contributed by atoms with Gasteiger partial charge in [0.05, 0.1) is 15.1 Å². The number of amides is 1. The number of carbonyl (C=O) groups excluding carboxylic acids is 1. The fourth-order valence-corrected chi connectivity index (χ4v) is 5.16. The van der Waals surface area contributed by atoms with E-state index in [-0.39, 0.29) is 10.8 Å². The van der Waals surface area contributed by atoms with Crippen LogP contribution in [0.25, 0.3) is 10.2 Å². The number of nitrogens with zero attached hydrogens (tertiary/aromatic N) is 1. The van der Waals surface area contributed by atoms with E-state index in [1.807, 2.05) is 25.1 Å². The van der Waals surface area contributed by atoms with E-state index in [9.17, 15) is 13.2 Å². The molecule has 2 aromatic carbocycles. The van der Waals surface area contributed by atoms with Crippen LogP contribution in [0.15, 0.2) is 41.3 Å². The van der Waals surface area contributed by atoms with Crippen LogP contribution < -0.4 is 10.0 Å². The Morgan fingerprint density at radius 1 is 1.07 bits per heavy atom. The number of rotatable bonds is 4. The van der Waals surface area contributed by atoms with Gasteiger partial charge in [-0.2, -0.15) is 0 Å². The molecule has 0 saturated heterocycles. The topological polar surface area (TPSA) is 88.2 Å². The van der Waals surface area contributed by atoms with Crippen molar-refractivity contribution in [3.05, 3.63) is 53.1 Å². The van der Waals surface area contributed by atoms with Crippen LogP contribution in [0.1, 0.15) is 42.3 Å². The second-order valence-corrected chi connectivity index (χ2v) is 10.4.